The Labute approximate surface area is 113 Å². The van der Waals surface area contributed by atoms with Crippen LogP contribution < -0.4 is 16.0 Å². The van der Waals surface area contributed by atoms with E-state index >= 15 is 0 Å². The number of anilines is 1. The van der Waals surface area contributed by atoms with Gasteiger partial charge in [0.05, 0.1) is 11.6 Å². The number of benzene rings is 1. The number of hydrogen-bond acceptors (Lipinski definition) is 3. The van der Waals surface area contributed by atoms with E-state index in [2.05, 4.69) is 22.9 Å². The van der Waals surface area contributed by atoms with Crippen LogP contribution in [0.2, 0.25) is 0 Å². The van der Waals surface area contributed by atoms with E-state index in [4.69, 9.17) is 5.26 Å². The number of nitrogens with one attached hydrogen (secondary N) is 3. The number of hydrogen-bond donors (Lipinski definition) is 3. The highest BCUT2D eigenvalue weighted by Crippen LogP contribution is 2.10. The van der Waals surface area contributed by atoms with Crippen molar-refractivity contribution < 1.29 is 4.79 Å². The zero-order chi connectivity index (χ0) is 13.7. The number of urea groups is 1. The molecular formula is C14H18N4O. The smallest absolute Gasteiger partial charge is 0.319 e. The third kappa shape index (κ3) is 3.97. The van der Waals surface area contributed by atoms with Gasteiger partial charge in [-0.25, -0.2) is 4.79 Å². The Bertz CT molecular complexity index is 477. The topological polar surface area (TPSA) is 77.0 Å². The van der Waals surface area contributed by atoms with Gasteiger partial charge in [-0.15, -0.1) is 0 Å². The summed E-state index contributed by atoms with van der Waals surface area (Å²) in [6, 6.07) is 9.32. The van der Waals surface area contributed by atoms with Crippen molar-refractivity contribution in [3.8, 4) is 6.07 Å². The predicted octanol–water partition coefficient (Wildman–Crippen LogP) is 1.82. The third-order valence-electron chi connectivity index (χ3n) is 3.23. The second kappa shape index (κ2) is 6.21. The number of nitriles is 1. The van der Waals surface area contributed by atoms with Gasteiger partial charge in [0.25, 0.3) is 0 Å². The molecule has 2 rings (SSSR count). The summed E-state index contributed by atoms with van der Waals surface area (Å²) in [6.45, 7) is 3.05. The molecule has 0 radical (unpaired) electrons. The lowest BCUT2D eigenvalue weighted by atomic mass is 10.0. The van der Waals surface area contributed by atoms with Crippen LogP contribution in [0.1, 0.15) is 25.3 Å². The zero-order valence-electron chi connectivity index (χ0n) is 10.9. The van der Waals surface area contributed by atoms with Crippen molar-refractivity contribution in [3.63, 3.8) is 0 Å². The number of amides is 2. The fraction of sp³-hybridized carbons (Fsp3) is 0.429. The standard InChI is InChI=1S/C14H18N4O/c1-10-8-13(6-7-16-10)18-14(19)17-12-4-2-11(9-15)3-5-12/h2-5,10,13,16H,6-8H2,1H3,(H2,17,18,19). The lowest BCUT2D eigenvalue weighted by molar-refractivity contribution is 0.242. The van der Waals surface area contributed by atoms with Crippen molar-refractivity contribution >= 4 is 11.7 Å². The molecule has 1 heterocycles. The van der Waals surface area contributed by atoms with Crippen molar-refractivity contribution in [3.05, 3.63) is 29.8 Å². The molecule has 0 aromatic heterocycles. The van der Waals surface area contributed by atoms with Gasteiger partial charge in [-0.05, 0) is 50.6 Å². The molecule has 19 heavy (non-hydrogen) atoms. The average Bonchev–Trinajstić information content (AvgIpc) is 2.39. The lowest BCUT2D eigenvalue weighted by Gasteiger charge is -2.28. The maximum absolute atomic E-state index is 11.8. The first kappa shape index (κ1) is 13.4. The minimum absolute atomic E-state index is 0.191. The molecule has 1 aliphatic rings. The Morgan fingerprint density at radius 2 is 2.16 bits per heavy atom. The van der Waals surface area contributed by atoms with Gasteiger partial charge >= 0.3 is 6.03 Å². The van der Waals surface area contributed by atoms with Crippen molar-refractivity contribution in [1.82, 2.24) is 10.6 Å². The van der Waals surface area contributed by atoms with Gasteiger partial charge in [-0.1, -0.05) is 0 Å². The molecule has 0 aliphatic carbocycles. The summed E-state index contributed by atoms with van der Waals surface area (Å²) in [5.41, 5.74) is 1.27. The van der Waals surface area contributed by atoms with Crippen LogP contribution >= 0.6 is 0 Å². The predicted molar refractivity (Wildman–Crippen MR) is 73.8 cm³/mol. The second-order valence-electron chi connectivity index (χ2n) is 4.86. The van der Waals surface area contributed by atoms with E-state index < -0.39 is 0 Å². The Morgan fingerprint density at radius 3 is 2.79 bits per heavy atom. The SMILES string of the molecule is CC1CC(NC(=O)Nc2ccc(C#N)cc2)CCN1. The molecule has 100 valence electrons. The summed E-state index contributed by atoms with van der Waals surface area (Å²) < 4.78 is 0. The number of rotatable bonds is 2. The van der Waals surface area contributed by atoms with Crippen LogP contribution in [0.4, 0.5) is 10.5 Å². The quantitative estimate of drug-likeness (QED) is 0.757. The van der Waals surface area contributed by atoms with Crippen LogP contribution in [-0.2, 0) is 0 Å². The molecule has 2 unspecified atom stereocenters. The molecule has 1 saturated heterocycles. The summed E-state index contributed by atoms with van der Waals surface area (Å²) in [5, 5.41) is 17.8. The largest absolute Gasteiger partial charge is 0.335 e. The molecule has 3 N–H and O–H groups in total. The first-order valence-electron chi connectivity index (χ1n) is 6.48. The molecule has 1 aromatic carbocycles. The van der Waals surface area contributed by atoms with Crippen LogP contribution in [0.5, 0.6) is 0 Å². The van der Waals surface area contributed by atoms with E-state index in [1.54, 1.807) is 24.3 Å². The highest BCUT2D eigenvalue weighted by molar-refractivity contribution is 5.89. The van der Waals surface area contributed by atoms with E-state index in [0.717, 1.165) is 19.4 Å². The Morgan fingerprint density at radius 1 is 1.42 bits per heavy atom. The van der Waals surface area contributed by atoms with Crippen molar-refractivity contribution in [2.45, 2.75) is 31.8 Å². The van der Waals surface area contributed by atoms with Gasteiger partial charge in [0, 0.05) is 17.8 Å². The third-order valence-corrected chi connectivity index (χ3v) is 3.23. The first-order valence-corrected chi connectivity index (χ1v) is 6.48. The van der Waals surface area contributed by atoms with Gasteiger partial charge < -0.3 is 16.0 Å². The molecule has 1 fully saturated rings. The van der Waals surface area contributed by atoms with Crippen molar-refractivity contribution in [2.24, 2.45) is 0 Å². The van der Waals surface area contributed by atoms with Gasteiger partial charge in [0.15, 0.2) is 0 Å². The normalized spacial score (nSPS) is 22.3. The van der Waals surface area contributed by atoms with Crippen LogP contribution in [0.25, 0.3) is 0 Å². The summed E-state index contributed by atoms with van der Waals surface area (Å²) in [7, 11) is 0. The first-order chi connectivity index (χ1) is 9.17. The van der Waals surface area contributed by atoms with Crippen LogP contribution in [0.15, 0.2) is 24.3 Å². The van der Waals surface area contributed by atoms with E-state index in [9.17, 15) is 4.79 Å². The van der Waals surface area contributed by atoms with E-state index in [0.29, 0.717) is 17.3 Å². The van der Waals surface area contributed by atoms with Gasteiger partial charge in [0.1, 0.15) is 0 Å². The number of nitrogens with zero attached hydrogens (tertiary/aromatic N) is 1. The van der Waals surface area contributed by atoms with Gasteiger partial charge in [-0.2, -0.15) is 5.26 Å². The maximum Gasteiger partial charge on any atom is 0.319 e. The summed E-state index contributed by atoms with van der Waals surface area (Å²) in [4.78, 5) is 11.8. The summed E-state index contributed by atoms with van der Waals surface area (Å²) in [6.07, 6.45) is 1.89. The molecule has 5 heteroatoms. The van der Waals surface area contributed by atoms with Gasteiger partial charge in [-0.3, -0.25) is 0 Å². The molecule has 0 spiro atoms. The van der Waals surface area contributed by atoms with Crippen LogP contribution in [0, 0.1) is 11.3 Å². The van der Waals surface area contributed by atoms with Crippen molar-refractivity contribution in [1.29, 1.82) is 5.26 Å². The molecule has 1 aliphatic heterocycles. The fourth-order valence-corrected chi connectivity index (χ4v) is 2.24. The molecule has 1 aromatic rings. The highest BCUT2D eigenvalue weighted by Gasteiger charge is 2.19. The molecule has 0 saturated carbocycles. The maximum atomic E-state index is 11.8. The molecular weight excluding hydrogens is 240 g/mol. The van der Waals surface area contributed by atoms with Crippen LogP contribution in [0.3, 0.4) is 0 Å². The fourth-order valence-electron chi connectivity index (χ4n) is 2.24. The number of carbonyl (C=O) groups is 1. The monoisotopic (exact) mass is 258 g/mol. The van der Waals surface area contributed by atoms with E-state index in [-0.39, 0.29) is 12.1 Å². The highest BCUT2D eigenvalue weighted by atomic mass is 16.2. The Hall–Kier alpha value is -2.06. The second-order valence-corrected chi connectivity index (χ2v) is 4.86. The van der Waals surface area contributed by atoms with Gasteiger partial charge in [0.2, 0.25) is 0 Å². The zero-order valence-corrected chi connectivity index (χ0v) is 10.9. The molecule has 0 bridgehead atoms. The average molecular weight is 258 g/mol. The summed E-state index contributed by atoms with van der Waals surface area (Å²) in [5.74, 6) is 0. The number of carbonyl (C=O) groups excluding carboxylic acids is 1. The minimum atomic E-state index is -0.191. The molecule has 2 atom stereocenters. The van der Waals surface area contributed by atoms with Crippen molar-refractivity contribution in [2.75, 3.05) is 11.9 Å². The summed E-state index contributed by atoms with van der Waals surface area (Å²) >= 11 is 0. The minimum Gasteiger partial charge on any atom is -0.335 e. The van der Waals surface area contributed by atoms with E-state index in [1.807, 2.05) is 6.07 Å². The number of piperidine rings is 1. The Balaban J connectivity index is 1.85. The van der Waals surface area contributed by atoms with E-state index in [1.165, 1.54) is 0 Å². The lowest BCUT2D eigenvalue weighted by Crippen LogP contribution is -2.47. The molecule has 2 amide bonds. The van der Waals surface area contributed by atoms with Crippen LogP contribution in [-0.4, -0.2) is 24.7 Å². The molecule has 5 nitrogen and oxygen atoms in total. The Kier molecular flexibility index (Phi) is 4.37.